The largest absolute Gasteiger partial charge is 0.311 e. The Bertz CT molecular complexity index is 191. The fourth-order valence-electron chi connectivity index (χ4n) is 2.18. The second kappa shape index (κ2) is 5.55. The van der Waals surface area contributed by atoms with E-state index in [1.807, 2.05) is 0 Å². The molecule has 0 heterocycles. The maximum Gasteiger partial charge on any atom is 0.0142 e. The molecule has 2 unspecified atom stereocenters. The number of nitrogens with one attached hydrogen (secondary N) is 1. The quantitative estimate of drug-likeness (QED) is 0.640. The average Bonchev–Trinajstić information content (AvgIpc) is 2.94. The Labute approximate surface area is 89.0 Å². The highest BCUT2D eigenvalue weighted by Crippen LogP contribution is 2.37. The SMILES string of the molecule is CC/C=C(\C)C1CC1NC(CC)CC. The zero-order valence-corrected chi connectivity index (χ0v) is 10.1. The summed E-state index contributed by atoms with van der Waals surface area (Å²) < 4.78 is 0. The van der Waals surface area contributed by atoms with Gasteiger partial charge >= 0.3 is 0 Å². The average molecular weight is 195 g/mol. The van der Waals surface area contributed by atoms with Crippen LogP contribution >= 0.6 is 0 Å². The van der Waals surface area contributed by atoms with Crippen LogP contribution in [0.2, 0.25) is 0 Å². The lowest BCUT2D eigenvalue weighted by atomic mass is 10.1. The Kier molecular flexibility index (Phi) is 4.67. The Balaban J connectivity index is 2.28. The van der Waals surface area contributed by atoms with Gasteiger partial charge in [0.25, 0.3) is 0 Å². The minimum Gasteiger partial charge on any atom is -0.311 e. The van der Waals surface area contributed by atoms with Crippen molar-refractivity contribution >= 4 is 0 Å². The van der Waals surface area contributed by atoms with Gasteiger partial charge in [-0.1, -0.05) is 32.4 Å². The highest BCUT2D eigenvalue weighted by atomic mass is 15.0. The number of hydrogen-bond acceptors (Lipinski definition) is 1. The molecule has 1 N–H and O–H groups in total. The lowest BCUT2D eigenvalue weighted by Gasteiger charge is -2.14. The van der Waals surface area contributed by atoms with Crippen LogP contribution in [0.5, 0.6) is 0 Å². The predicted octanol–water partition coefficient (Wildman–Crippen LogP) is 3.51. The molecule has 1 nitrogen and oxygen atoms in total. The Morgan fingerprint density at radius 2 is 2.00 bits per heavy atom. The van der Waals surface area contributed by atoms with Crippen molar-refractivity contribution in [3.05, 3.63) is 11.6 Å². The summed E-state index contributed by atoms with van der Waals surface area (Å²) in [6.07, 6.45) is 7.44. The summed E-state index contributed by atoms with van der Waals surface area (Å²) in [6.45, 7) is 9.04. The van der Waals surface area contributed by atoms with Crippen LogP contribution in [0.4, 0.5) is 0 Å². The summed E-state index contributed by atoms with van der Waals surface area (Å²) in [7, 11) is 0. The summed E-state index contributed by atoms with van der Waals surface area (Å²) in [5.41, 5.74) is 1.59. The Morgan fingerprint density at radius 1 is 1.36 bits per heavy atom. The molecule has 0 radical (unpaired) electrons. The van der Waals surface area contributed by atoms with Crippen molar-refractivity contribution < 1.29 is 0 Å². The summed E-state index contributed by atoms with van der Waals surface area (Å²) in [5.74, 6) is 0.843. The maximum absolute atomic E-state index is 3.74. The van der Waals surface area contributed by atoms with Gasteiger partial charge in [0, 0.05) is 12.1 Å². The van der Waals surface area contributed by atoms with Crippen LogP contribution in [0.15, 0.2) is 11.6 Å². The minimum atomic E-state index is 0.736. The molecule has 0 saturated heterocycles. The van der Waals surface area contributed by atoms with E-state index in [1.54, 1.807) is 5.57 Å². The standard InChI is InChI=1S/C13H25N/c1-5-8-10(4)12-9-13(12)14-11(6-2)7-3/h8,11-14H,5-7,9H2,1-4H3/b10-8+. The van der Waals surface area contributed by atoms with Crippen molar-refractivity contribution in [2.75, 3.05) is 0 Å². The van der Waals surface area contributed by atoms with E-state index in [-0.39, 0.29) is 0 Å². The summed E-state index contributed by atoms with van der Waals surface area (Å²) >= 11 is 0. The van der Waals surface area contributed by atoms with Crippen LogP contribution in [-0.2, 0) is 0 Å². The molecule has 1 heteroatoms. The normalized spacial score (nSPS) is 27.1. The topological polar surface area (TPSA) is 12.0 Å². The van der Waals surface area contributed by atoms with Crippen molar-refractivity contribution in [2.45, 2.75) is 65.5 Å². The van der Waals surface area contributed by atoms with Gasteiger partial charge in [0.2, 0.25) is 0 Å². The van der Waals surface area contributed by atoms with Gasteiger partial charge in [0.1, 0.15) is 0 Å². The van der Waals surface area contributed by atoms with Crippen LogP contribution in [0.1, 0.15) is 53.4 Å². The molecule has 1 saturated carbocycles. The molecular weight excluding hydrogens is 170 g/mol. The predicted molar refractivity (Wildman–Crippen MR) is 63.4 cm³/mol. The molecule has 1 fully saturated rings. The molecule has 2 atom stereocenters. The van der Waals surface area contributed by atoms with Crippen LogP contribution in [-0.4, -0.2) is 12.1 Å². The van der Waals surface area contributed by atoms with Crippen LogP contribution < -0.4 is 5.32 Å². The second-order valence-electron chi connectivity index (χ2n) is 4.49. The lowest BCUT2D eigenvalue weighted by Crippen LogP contribution is -2.30. The van der Waals surface area contributed by atoms with Gasteiger partial charge in [-0.15, -0.1) is 0 Å². The van der Waals surface area contributed by atoms with E-state index < -0.39 is 0 Å². The monoisotopic (exact) mass is 195 g/mol. The highest BCUT2D eigenvalue weighted by Gasteiger charge is 2.38. The molecule has 1 rings (SSSR count). The molecule has 0 aromatic rings. The smallest absolute Gasteiger partial charge is 0.0142 e. The first-order chi connectivity index (χ1) is 6.72. The van der Waals surface area contributed by atoms with E-state index in [4.69, 9.17) is 0 Å². The van der Waals surface area contributed by atoms with Crippen LogP contribution in [0.3, 0.4) is 0 Å². The highest BCUT2D eigenvalue weighted by molar-refractivity contribution is 5.16. The van der Waals surface area contributed by atoms with E-state index >= 15 is 0 Å². The third kappa shape index (κ3) is 3.13. The van der Waals surface area contributed by atoms with Crippen molar-refractivity contribution in [1.82, 2.24) is 5.32 Å². The van der Waals surface area contributed by atoms with E-state index in [1.165, 1.54) is 25.7 Å². The fraction of sp³-hybridized carbons (Fsp3) is 0.846. The molecule has 0 bridgehead atoms. The van der Waals surface area contributed by atoms with E-state index in [0.29, 0.717) is 0 Å². The van der Waals surface area contributed by atoms with Gasteiger partial charge in [0.05, 0.1) is 0 Å². The van der Waals surface area contributed by atoms with Crippen molar-refractivity contribution in [3.8, 4) is 0 Å². The third-order valence-corrected chi connectivity index (χ3v) is 3.34. The van der Waals surface area contributed by atoms with E-state index in [0.717, 1.165) is 18.0 Å². The van der Waals surface area contributed by atoms with Gasteiger partial charge in [-0.2, -0.15) is 0 Å². The van der Waals surface area contributed by atoms with Crippen LogP contribution in [0.25, 0.3) is 0 Å². The summed E-state index contributed by atoms with van der Waals surface area (Å²) in [5, 5.41) is 3.74. The molecule has 1 aliphatic rings. The van der Waals surface area contributed by atoms with E-state index in [9.17, 15) is 0 Å². The first kappa shape index (κ1) is 11.8. The molecule has 82 valence electrons. The van der Waals surface area contributed by atoms with Crippen molar-refractivity contribution in [3.63, 3.8) is 0 Å². The molecule has 0 aromatic heterocycles. The fourth-order valence-corrected chi connectivity index (χ4v) is 2.18. The van der Waals surface area contributed by atoms with Gasteiger partial charge in [-0.3, -0.25) is 0 Å². The third-order valence-electron chi connectivity index (χ3n) is 3.34. The summed E-state index contributed by atoms with van der Waals surface area (Å²) in [6, 6.07) is 1.52. The molecule has 0 aromatic carbocycles. The molecule has 0 amide bonds. The molecule has 0 spiro atoms. The summed E-state index contributed by atoms with van der Waals surface area (Å²) in [4.78, 5) is 0. The first-order valence-corrected chi connectivity index (χ1v) is 6.15. The van der Waals surface area contributed by atoms with Gasteiger partial charge in [-0.25, -0.2) is 0 Å². The number of rotatable bonds is 6. The maximum atomic E-state index is 3.74. The van der Waals surface area contributed by atoms with Crippen molar-refractivity contribution in [1.29, 1.82) is 0 Å². The van der Waals surface area contributed by atoms with E-state index in [2.05, 4.69) is 39.1 Å². The Morgan fingerprint density at radius 3 is 2.50 bits per heavy atom. The Hall–Kier alpha value is -0.300. The van der Waals surface area contributed by atoms with Gasteiger partial charge in [-0.05, 0) is 38.5 Å². The number of allylic oxidation sites excluding steroid dienone is 1. The zero-order chi connectivity index (χ0) is 10.6. The second-order valence-corrected chi connectivity index (χ2v) is 4.49. The minimum absolute atomic E-state index is 0.736. The lowest BCUT2D eigenvalue weighted by molar-refractivity contribution is 0.473. The molecule has 0 aliphatic heterocycles. The molecular formula is C13H25N. The number of hydrogen-bond donors (Lipinski definition) is 1. The van der Waals surface area contributed by atoms with Gasteiger partial charge < -0.3 is 5.32 Å². The van der Waals surface area contributed by atoms with Crippen LogP contribution in [0, 0.1) is 5.92 Å². The first-order valence-electron chi connectivity index (χ1n) is 6.15. The van der Waals surface area contributed by atoms with Gasteiger partial charge in [0.15, 0.2) is 0 Å². The zero-order valence-electron chi connectivity index (χ0n) is 10.1. The molecule has 1 aliphatic carbocycles. The van der Waals surface area contributed by atoms with Crippen molar-refractivity contribution in [2.24, 2.45) is 5.92 Å². The molecule has 14 heavy (non-hydrogen) atoms.